The number of carbonyl (C=O) groups excluding carboxylic acids is 1. The molecule has 0 fully saturated rings. The molecule has 2 atom stereocenters. The molecule has 2 rings (SSSR count). The van der Waals surface area contributed by atoms with Crippen molar-refractivity contribution in [3.8, 4) is 0 Å². The number of hydrogen-bond donors (Lipinski definition) is 2. The molecule has 22 heavy (non-hydrogen) atoms. The summed E-state index contributed by atoms with van der Waals surface area (Å²) in [5, 5.41) is 7.19. The van der Waals surface area contributed by atoms with Gasteiger partial charge in [0.1, 0.15) is 0 Å². The van der Waals surface area contributed by atoms with Crippen molar-refractivity contribution in [3.05, 3.63) is 53.9 Å². The van der Waals surface area contributed by atoms with Crippen LogP contribution < -0.4 is 11.1 Å². The lowest BCUT2D eigenvalue weighted by molar-refractivity contribution is -0.123. The lowest BCUT2D eigenvalue weighted by Gasteiger charge is -2.17. The predicted octanol–water partition coefficient (Wildman–Crippen LogP) is 1.92. The molecular weight excluding hydrogens is 276 g/mol. The SMILES string of the molecule is CCC(C)C(N)C(=O)NCc1cnn(Cc2ccccc2)c1. The molecule has 2 aromatic rings. The number of carbonyl (C=O) groups is 1. The third kappa shape index (κ3) is 4.43. The molecule has 0 radical (unpaired) electrons. The Balaban J connectivity index is 1.86. The van der Waals surface area contributed by atoms with Crippen molar-refractivity contribution in [2.75, 3.05) is 0 Å². The first-order valence-electron chi connectivity index (χ1n) is 7.68. The highest BCUT2D eigenvalue weighted by Crippen LogP contribution is 2.06. The third-order valence-corrected chi connectivity index (χ3v) is 3.90. The Kier molecular flexibility index (Phi) is 5.72. The average molecular weight is 300 g/mol. The number of nitrogens with two attached hydrogens (primary N) is 1. The molecule has 0 aliphatic rings. The van der Waals surface area contributed by atoms with Gasteiger partial charge in [-0.1, -0.05) is 50.6 Å². The van der Waals surface area contributed by atoms with E-state index in [9.17, 15) is 4.79 Å². The fourth-order valence-electron chi connectivity index (χ4n) is 2.17. The van der Waals surface area contributed by atoms with Crippen LogP contribution >= 0.6 is 0 Å². The van der Waals surface area contributed by atoms with Crippen molar-refractivity contribution >= 4 is 5.91 Å². The summed E-state index contributed by atoms with van der Waals surface area (Å²) in [6, 6.07) is 9.69. The zero-order valence-electron chi connectivity index (χ0n) is 13.2. The quantitative estimate of drug-likeness (QED) is 0.820. The van der Waals surface area contributed by atoms with Gasteiger partial charge in [-0.15, -0.1) is 0 Å². The minimum Gasteiger partial charge on any atom is -0.351 e. The Bertz CT molecular complexity index is 594. The van der Waals surface area contributed by atoms with Crippen LogP contribution in [0.1, 0.15) is 31.4 Å². The van der Waals surface area contributed by atoms with Gasteiger partial charge in [0, 0.05) is 18.3 Å². The number of hydrogen-bond acceptors (Lipinski definition) is 3. The minimum atomic E-state index is -0.454. The molecule has 0 saturated carbocycles. The van der Waals surface area contributed by atoms with Crippen molar-refractivity contribution in [2.24, 2.45) is 11.7 Å². The molecule has 118 valence electrons. The highest BCUT2D eigenvalue weighted by molar-refractivity contribution is 5.81. The second-order valence-corrected chi connectivity index (χ2v) is 5.66. The third-order valence-electron chi connectivity index (χ3n) is 3.90. The number of nitrogens with one attached hydrogen (secondary N) is 1. The Morgan fingerprint density at radius 3 is 2.73 bits per heavy atom. The van der Waals surface area contributed by atoms with Gasteiger partial charge in [0.25, 0.3) is 0 Å². The summed E-state index contributed by atoms with van der Waals surface area (Å²) in [6.07, 6.45) is 4.61. The fourth-order valence-corrected chi connectivity index (χ4v) is 2.17. The summed E-state index contributed by atoms with van der Waals surface area (Å²) in [7, 11) is 0. The van der Waals surface area contributed by atoms with Gasteiger partial charge in [-0.05, 0) is 11.5 Å². The van der Waals surface area contributed by atoms with Gasteiger partial charge in [0.2, 0.25) is 5.91 Å². The van der Waals surface area contributed by atoms with E-state index in [-0.39, 0.29) is 11.8 Å². The standard InChI is InChI=1S/C17H24N4O/c1-3-13(2)16(18)17(22)19-9-15-10-20-21(12-15)11-14-7-5-4-6-8-14/h4-8,10,12-13,16H,3,9,11,18H2,1-2H3,(H,19,22). The summed E-state index contributed by atoms with van der Waals surface area (Å²) < 4.78 is 1.87. The predicted molar refractivity (Wildman–Crippen MR) is 87.0 cm³/mol. The number of nitrogens with zero attached hydrogens (tertiary/aromatic N) is 2. The van der Waals surface area contributed by atoms with Crippen LogP contribution in [0.2, 0.25) is 0 Å². The molecule has 0 bridgehead atoms. The smallest absolute Gasteiger partial charge is 0.237 e. The van der Waals surface area contributed by atoms with E-state index < -0.39 is 6.04 Å². The van der Waals surface area contributed by atoms with Crippen LogP contribution in [0.5, 0.6) is 0 Å². The monoisotopic (exact) mass is 300 g/mol. The second kappa shape index (κ2) is 7.75. The molecule has 1 amide bonds. The maximum atomic E-state index is 12.0. The minimum absolute atomic E-state index is 0.106. The highest BCUT2D eigenvalue weighted by atomic mass is 16.2. The first-order valence-corrected chi connectivity index (χ1v) is 7.68. The van der Waals surface area contributed by atoms with E-state index in [4.69, 9.17) is 5.73 Å². The van der Waals surface area contributed by atoms with Crippen LogP contribution in [-0.4, -0.2) is 21.7 Å². The molecule has 1 heterocycles. The normalized spacial score (nSPS) is 13.6. The van der Waals surface area contributed by atoms with Crippen LogP contribution in [-0.2, 0) is 17.9 Å². The zero-order chi connectivity index (χ0) is 15.9. The Hall–Kier alpha value is -2.14. The average Bonchev–Trinajstić information content (AvgIpc) is 2.99. The summed E-state index contributed by atoms with van der Waals surface area (Å²) in [4.78, 5) is 12.0. The topological polar surface area (TPSA) is 72.9 Å². The number of amides is 1. The first-order chi connectivity index (χ1) is 10.6. The number of aromatic nitrogens is 2. The zero-order valence-corrected chi connectivity index (χ0v) is 13.2. The summed E-state index contributed by atoms with van der Waals surface area (Å²) in [5.41, 5.74) is 8.08. The van der Waals surface area contributed by atoms with Crippen molar-refractivity contribution in [2.45, 2.75) is 39.4 Å². The van der Waals surface area contributed by atoms with Gasteiger partial charge in [0.05, 0.1) is 18.8 Å². The van der Waals surface area contributed by atoms with E-state index in [0.717, 1.165) is 18.5 Å². The van der Waals surface area contributed by atoms with Gasteiger partial charge in [-0.2, -0.15) is 5.10 Å². The molecule has 2 unspecified atom stereocenters. The Morgan fingerprint density at radius 1 is 1.32 bits per heavy atom. The van der Waals surface area contributed by atoms with Crippen molar-refractivity contribution in [1.29, 1.82) is 0 Å². The van der Waals surface area contributed by atoms with Gasteiger partial charge in [0.15, 0.2) is 0 Å². The van der Waals surface area contributed by atoms with Gasteiger partial charge >= 0.3 is 0 Å². The molecule has 1 aromatic carbocycles. The van der Waals surface area contributed by atoms with Crippen LogP contribution in [0.3, 0.4) is 0 Å². The van der Waals surface area contributed by atoms with Gasteiger partial charge in [-0.3, -0.25) is 9.48 Å². The molecule has 0 saturated heterocycles. The Morgan fingerprint density at radius 2 is 2.05 bits per heavy atom. The van der Waals surface area contributed by atoms with Crippen LogP contribution in [0.4, 0.5) is 0 Å². The molecule has 5 heteroatoms. The lowest BCUT2D eigenvalue weighted by atomic mass is 9.99. The van der Waals surface area contributed by atoms with Gasteiger partial charge in [-0.25, -0.2) is 0 Å². The molecular formula is C17H24N4O. The van der Waals surface area contributed by atoms with E-state index in [2.05, 4.69) is 22.5 Å². The van der Waals surface area contributed by atoms with E-state index >= 15 is 0 Å². The summed E-state index contributed by atoms with van der Waals surface area (Å²) in [5.74, 6) is 0.0750. The van der Waals surface area contributed by atoms with E-state index in [0.29, 0.717) is 6.54 Å². The summed E-state index contributed by atoms with van der Waals surface area (Å²) in [6.45, 7) is 5.20. The number of benzene rings is 1. The molecule has 1 aromatic heterocycles. The first kappa shape index (κ1) is 16.2. The molecule has 3 N–H and O–H groups in total. The molecule has 5 nitrogen and oxygen atoms in total. The van der Waals surface area contributed by atoms with E-state index in [1.807, 2.05) is 42.9 Å². The van der Waals surface area contributed by atoms with Crippen LogP contribution in [0.15, 0.2) is 42.7 Å². The summed E-state index contributed by atoms with van der Waals surface area (Å²) >= 11 is 0. The lowest BCUT2D eigenvalue weighted by Crippen LogP contribution is -2.44. The second-order valence-electron chi connectivity index (χ2n) is 5.66. The van der Waals surface area contributed by atoms with Crippen molar-refractivity contribution in [3.63, 3.8) is 0 Å². The van der Waals surface area contributed by atoms with E-state index in [1.165, 1.54) is 5.56 Å². The maximum absolute atomic E-state index is 12.0. The molecule has 0 aliphatic heterocycles. The van der Waals surface area contributed by atoms with Crippen molar-refractivity contribution < 1.29 is 4.79 Å². The number of rotatable bonds is 7. The molecule has 0 spiro atoms. The van der Waals surface area contributed by atoms with Crippen molar-refractivity contribution in [1.82, 2.24) is 15.1 Å². The highest BCUT2D eigenvalue weighted by Gasteiger charge is 2.18. The van der Waals surface area contributed by atoms with Crippen LogP contribution in [0.25, 0.3) is 0 Å². The largest absolute Gasteiger partial charge is 0.351 e. The van der Waals surface area contributed by atoms with Gasteiger partial charge < -0.3 is 11.1 Å². The Labute approximate surface area is 131 Å². The van der Waals surface area contributed by atoms with Crippen LogP contribution in [0, 0.1) is 5.92 Å². The van der Waals surface area contributed by atoms with E-state index in [1.54, 1.807) is 6.20 Å². The fraction of sp³-hybridized carbons (Fsp3) is 0.412. The maximum Gasteiger partial charge on any atom is 0.237 e. The molecule has 0 aliphatic carbocycles.